The van der Waals surface area contributed by atoms with Crippen LogP contribution in [0.15, 0.2) is 24.3 Å². The number of nitrogens with one attached hydrogen (secondary N) is 1. The van der Waals surface area contributed by atoms with Gasteiger partial charge in [0.15, 0.2) is 0 Å². The summed E-state index contributed by atoms with van der Waals surface area (Å²) in [6, 6.07) is 9.11. The molecular formula is C18H26N2O. The molecule has 1 fully saturated rings. The first-order valence-corrected chi connectivity index (χ1v) is 8.36. The van der Waals surface area contributed by atoms with Crippen LogP contribution in [0.1, 0.15) is 57.4 Å². The Morgan fingerprint density at radius 3 is 2.95 bits per heavy atom. The van der Waals surface area contributed by atoms with Crippen molar-refractivity contribution in [1.82, 2.24) is 4.90 Å². The van der Waals surface area contributed by atoms with Crippen LogP contribution in [0.25, 0.3) is 0 Å². The van der Waals surface area contributed by atoms with Crippen molar-refractivity contribution < 1.29 is 4.79 Å². The normalized spacial score (nSPS) is 28.7. The maximum atomic E-state index is 13.1. The number of amides is 1. The molecule has 3 atom stereocenters. The third-order valence-electron chi connectivity index (χ3n) is 5.01. The lowest BCUT2D eigenvalue weighted by molar-refractivity contribution is -0.137. The quantitative estimate of drug-likeness (QED) is 0.897. The predicted octanol–water partition coefficient (Wildman–Crippen LogP) is 3.77. The Morgan fingerprint density at radius 2 is 2.14 bits per heavy atom. The van der Waals surface area contributed by atoms with E-state index < -0.39 is 0 Å². The topological polar surface area (TPSA) is 32.3 Å². The van der Waals surface area contributed by atoms with Crippen molar-refractivity contribution in [2.75, 3.05) is 11.9 Å². The van der Waals surface area contributed by atoms with Crippen molar-refractivity contribution in [3.05, 3.63) is 29.8 Å². The first-order valence-electron chi connectivity index (χ1n) is 8.36. The second kappa shape index (κ2) is 6.08. The fourth-order valence-corrected chi connectivity index (χ4v) is 3.89. The molecule has 1 aromatic rings. The Morgan fingerprint density at radius 1 is 1.33 bits per heavy atom. The van der Waals surface area contributed by atoms with Crippen LogP contribution in [-0.2, 0) is 4.79 Å². The smallest absolute Gasteiger partial charge is 0.230 e. The minimum absolute atomic E-state index is 0.0320. The minimum atomic E-state index is 0.0320. The number of nitrogens with zero attached hydrogens (tertiary/aromatic N) is 1. The van der Waals surface area contributed by atoms with Crippen LogP contribution in [-0.4, -0.2) is 29.4 Å². The zero-order valence-corrected chi connectivity index (χ0v) is 13.1. The van der Waals surface area contributed by atoms with E-state index in [0.29, 0.717) is 18.0 Å². The second-order valence-corrected chi connectivity index (χ2v) is 6.51. The van der Waals surface area contributed by atoms with Gasteiger partial charge in [-0.15, -0.1) is 0 Å². The number of para-hydroxylation sites is 1. The molecular weight excluding hydrogens is 260 g/mol. The number of carbonyl (C=O) groups excluding carboxylic acids is 1. The SMILES string of the molecule is CCC1CCCCN1C(=O)C1CC(C)Nc2ccccc21. The van der Waals surface area contributed by atoms with Crippen molar-refractivity contribution >= 4 is 11.6 Å². The van der Waals surface area contributed by atoms with E-state index in [0.717, 1.165) is 31.5 Å². The van der Waals surface area contributed by atoms with Crippen LogP contribution in [0.2, 0.25) is 0 Å². The van der Waals surface area contributed by atoms with Gasteiger partial charge in [-0.25, -0.2) is 0 Å². The Bertz CT molecular complexity index is 514. The molecule has 0 bridgehead atoms. The van der Waals surface area contributed by atoms with Gasteiger partial charge in [-0.05, 0) is 50.7 Å². The van der Waals surface area contributed by atoms with E-state index in [9.17, 15) is 4.79 Å². The van der Waals surface area contributed by atoms with Gasteiger partial charge in [0.1, 0.15) is 0 Å². The zero-order valence-electron chi connectivity index (χ0n) is 13.1. The molecule has 3 unspecified atom stereocenters. The standard InChI is InChI=1S/C18H26N2O/c1-3-14-8-6-7-11-20(14)18(21)16-12-13(2)19-17-10-5-4-9-15(16)17/h4-5,9-10,13-14,16,19H,3,6-8,11-12H2,1-2H3. The Hall–Kier alpha value is -1.51. The molecule has 0 saturated carbocycles. The monoisotopic (exact) mass is 286 g/mol. The van der Waals surface area contributed by atoms with E-state index in [-0.39, 0.29) is 5.92 Å². The van der Waals surface area contributed by atoms with Crippen molar-refractivity contribution in [3.63, 3.8) is 0 Å². The van der Waals surface area contributed by atoms with Crippen LogP contribution in [0.4, 0.5) is 5.69 Å². The molecule has 1 N–H and O–H groups in total. The number of hydrogen-bond donors (Lipinski definition) is 1. The summed E-state index contributed by atoms with van der Waals surface area (Å²) in [7, 11) is 0. The highest BCUT2D eigenvalue weighted by molar-refractivity contribution is 5.87. The maximum Gasteiger partial charge on any atom is 0.230 e. The number of anilines is 1. The molecule has 1 amide bonds. The van der Waals surface area contributed by atoms with Crippen LogP contribution < -0.4 is 5.32 Å². The van der Waals surface area contributed by atoms with E-state index in [2.05, 4.69) is 36.2 Å². The molecule has 0 radical (unpaired) electrons. The molecule has 1 aromatic carbocycles. The summed E-state index contributed by atoms with van der Waals surface area (Å²) in [6.07, 6.45) is 5.58. The highest BCUT2D eigenvalue weighted by atomic mass is 16.2. The Kier molecular flexibility index (Phi) is 4.18. The minimum Gasteiger partial charge on any atom is -0.382 e. The highest BCUT2D eigenvalue weighted by Crippen LogP contribution is 2.36. The summed E-state index contributed by atoms with van der Waals surface area (Å²) in [5.41, 5.74) is 2.32. The second-order valence-electron chi connectivity index (χ2n) is 6.51. The third-order valence-corrected chi connectivity index (χ3v) is 5.01. The largest absolute Gasteiger partial charge is 0.382 e. The highest BCUT2D eigenvalue weighted by Gasteiger charge is 2.35. The fraction of sp³-hybridized carbons (Fsp3) is 0.611. The molecule has 2 heterocycles. The molecule has 2 aliphatic rings. The molecule has 0 aliphatic carbocycles. The number of hydrogen-bond acceptors (Lipinski definition) is 2. The van der Waals surface area contributed by atoms with Gasteiger partial charge in [0.2, 0.25) is 5.91 Å². The van der Waals surface area contributed by atoms with Crippen molar-refractivity contribution in [2.45, 2.75) is 64.0 Å². The van der Waals surface area contributed by atoms with Crippen LogP contribution in [0.5, 0.6) is 0 Å². The fourth-order valence-electron chi connectivity index (χ4n) is 3.89. The molecule has 0 spiro atoms. The van der Waals surface area contributed by atoms with Crippen LogP contribution in [0, 0.1) is 0 Å². The summed E-state index contributed by atoms with van der Waals surface area (Å²) < 4.78 is 0. The van der Waals surface area contributed by atoms with Crippen molar-refractivity contribution in [3.8, 4) is 0 Å². The lowest BCUT2D eigenvalue weighted by Gasteiger charge is -2.40. The molecule has 2 aliphatic heterocycles. The van der Waals surface area contributed by atoms with Crippen LogP contribution >= 0.6 is 0 Å². The summed E-state index contributed by atoms with van der Waals surface area (Å²) in [6.45, 7) is 5.32. The number of carbonyl (C=O) groups is 1. The van der Waals surface area contributed by atoms with Gasteiger partial charge >= 0.3 is 0 Å². The van der Waals surface area contributed by atoms with Gasteiger partial charge in [-0.2, -0.15) is 0 Å². The van der Waals surface area contributed by atoms with E-state index in [1.54, 1.807) is 0 Å². The van der Waals surface area contributed by atoms with Crippen LogP contribution in [0.3, 0.4) is 0 Å². The summed E-state index contributed by atoms with van der Waals surface area (Å²) >= 11 is 0. The van der Waals surface area contributed by atoms with Gasteiger partial charge in [0, 0.05) is 24.3 Å². The predicted molar refractivity (Wildman–Crippen MR) is 86.5 cm³/mol. The first-order chi connectivity index (χ1) is 10.2. The lowest BCUT2D eigenvalue weighted by atomic mass is 9.85. The van der Waals surface area contributed by atoms with Crippen molar-refractivity contribution in [1.29, 1.82) is 0 Å². The summed E-state index contributed by atoms with van der Waals surface area (Å²) in [5.74, 6) is 0.381. The maximum absolute atomic E-state index is 13.1. The molecule has 3 heteroatoms. The van der Waals surface area contributed by atoms with Crippen molar-refractivity contribution in [2.24, 2.45) is 0 Å². The number of rotatable bonds is 2. The Labute approximate surface area is 127 Å². The molecule has 114 valence electrons. The van der Waals surface area contributed by atoms with E-state index >= 15 is 0 Å². The number of benzene rings is 1. The number of likely N-dealkylation sites (tertiary alicyclic amines) is 1. The molecule has 21 heavy (non-hydrogen) atoms. The van der Waals surface area contributed by atoms with Gasteiger partial charge < -0.3 is 10.2 Å². The van der Waals surface area contributed by atoms with Gasteiger partial charge in [-0.3, -0.25) is 4.79 Å². The van der Waals surface area contributed by atoms with E-state index in [4.69, 9.17) is 0 Å². The Balaban J connectivity index is 1.87. The van der Waals surface area contributed by atoms with Gasteiger partial charge in [0.05, 0.1) is 5.92 Å². The number of piperidine rings is 1. The molecule has 0 aromatic heterocycles. The number of fused-ring (bicyclic) bond motifs is 1. The summed E-state index contributed by atoms with van der Waals surface area (Å²) in [5, 5.41) is 3.50. The lowest BCUT2D eigenvalue weighted by Crippen LogP contribution is -2.47. The summed E-state index contributed by atoms with van der Waals surface area (Å²) in [4.78, 5) is 15.3. The average Bonchev–Trinajstić information content (AvgIpc) is 2.53. The van der Waals surface area contributed by atoms with E-state index in [1.165, 1.54) is 18.4 Å². The molecule has 3 nitrogen and oxygen atoms in total. The third kappa shape index (κ3) is 2.78. The molecule has 3 rings (SSSR count). The average molecular weight is 286 g/mol. The first kappa shape index (κ1) is 14.4. The zero-order chi connectivity index (χ0) is 14.8. The molecule has 1 saturated heterocycles. The van der Waals surface area contributed by atoms with Gasteiger partial charge in [-0.1, -0.05) is 25.1 Å². The van der Waals surface area contributed by atoms with Gasteiger partial charge in [0.25, 0.3) is 0 Å². The van der Waals surface area contributed by atoms with E-state index in [1.807, 2.05) is 12.1 Å².